The number of aromatic nitrogens is 1. The Morgan fingerprint density at radius 1 is 0.966 bits per heavy atom. The molecule has 0 bridgehead atoms. The van der Waals surface area contributed by atoms with Crippen molar-refractivity contribution in [2.75, 3.05) is 19.8 Å². The van der Waals surface area contributed by atoms with Crippen LogP contribution in [-0.4, -0.2) is 30.6 Å². The highest BCUT2D eigenvalue weighted by Gasteiger charge is 2.34. The average molecular weight is 405 g/mol. The van der Waals surface area contributed by atoms with Crippen molar-refractivity contribution in [3.63, 3.8) is 0 Å². The van der Waals surface area contributed by atoms with Crippen LogP contribution in [-0.2, 0) is 10.2 Å². The van der Waals surface area contributed by atoms with Gasteiger partial charge in [-0.05, 0) is 54.8 Å². The lowest BCUT2D eigenvalue weighted by Crippen LogP contribution is -2.44. The lowest BCUT2D eigenvalue weighted by Gasteiger charge is -2.38. The van der Waals surface area contributed by atoms with E-state index >= 15 is 0 Å². The topological polar surface area (TPSA) is 51.2 Å². The molecule has 2 heterocycles. The van der Waals surface area contributed by atoms with Gasteiger partial charge >= 0.3 is 0 Å². The zero-order valence-electron chi connectivity index (χ0n) is 16.2. The molecule has 0 unspecified atom stereocenters. The van der Waals surface area contributed by atoms with Gasteiger partial charge in [0.25, 0.3) is 5.91 Å². The summed E-state index contributed by atoms with van der Waals surface area (Å²) in [4.78, 5) is 18.2. The lowest BCUT2D eigenvalue weighted by atomic mass is 9.74. The number of ether oxygens (including phenoxy) is 1. The zero-order chi connectivity index (χ0) is 19.9. The fourth-order valence-electron chi connectivity index (χ4n) is 3.68. The van der Waals surface area contributed by atoms with Gasteiger partial charge in [0.2, 0.25) is 0 Å². The van der Waals surface area contributed by atoms with E-state index in [-0.39, 0.29) is 11.3 Å². The zero-order valence-corrected chi connectivity index (χ0v) is 17.0. The Hall–Kier alpha value is -2.63. The van der Waals surface area contributed by atoms with E-state index in [0.717, 1.165) is 36.0 Å². The minimum Gasteiger partial charge on any atom is -0.381 e. The van der Waals surface area contributed by atoms with Crippen molar-refractivity contribution in [1.29, 1.82) is 0 Å². The molecule has 4 nitrogen and oxygen atoms in total. The normalized spacial score (nSPS) is 15.6. The third-order valence-electron chi connectivity index (χ3n) is 5.40. The van der Waals surface area contributed by atoms with E-state index in [0.29, 0.717) is 12.1 Å². The summed E-state index contributed by atoms with van der Waals surface area (Å²) in [5.41, 5.74) is 1.88. The maximum Gasteiger partial charge on any atom is 0.251 e. The van der Waals surface area contributed by atoms with Crippen LogP contribution in [0.15, 0.2) is 88.9 Å². The van der Waals surface area contributed by atoms with Crippen LogP contribution in [0.4, 0.5) is 0 Å². The maximum absolute atomic E-state index is 12.8. The molecule has 0 saturated carbocycles. The number of carbonyl (C=O) groups is 1. The summed E-state index contributed by atoms with van der Waals surface area (Å²) in [6.45, 7) is 2.07. The first-order chi connectivity index (χ1) is 14.3. The molecule has 2 aromatic carbocycles. The smallest absolute Gasteiger partial charge is 0.251 e. The van der Waals surface area contributed by atoms with Crippen molar-refractivity contribution in [2.24, 2.45) is 0 Å². The van der Waals surface area contributed by atoms with Gasteiger partial charge in [0, 0.05) is 41.8 Å². The van der Waals surface area contributed by atoms with Crippen molar-refractivity contribution in [3.8, 4) is 0 Å². The summed E-state index contributed by atoms with van der Waals surface area (Å²) in [5, 5.41) is 4.10. The lowest BCUT2D eigenvalue weighted by molar-refractivity contribution is 0.0487. The van der Waals surface area contributed by atoms with Crippen molar-refractivity contribution >= 4 is 17.7 Å². The molecule has 0 spiro atoms. The van der Waals surface area contributed by atoms with Crippen molar-refractivity contribution in [2.45, 2.75) is 28.2 Å². The third-order valence-corrected chi connectivity index (χ3v) is 6.36. The predicted molar refractivity (Wildman–Crippen MR) is 115 cm³/mol. The van der Waals surface area contributed by atoms with Crippen LogP contribution in [0.25, 0.3) is 0 Å². The molecule has 1 saturated heterocycles. The predicted octanol–water partition coefficient (Wildman–Crippen LogP) is 4.71. The van der Waals surface area contributed by atoms with Crippen molar-refractivity contribution < 1.29 is 9.53 Å². The first-order valence-corrected chi connectivity index (χ1v) is 10.7. The second-order valence-electron chi connectivity index (χ2n) is 7.24. The number of hydrogen-bond acceptors (Lipinski definition) is 4. The number of amides is 1. The molecule has 29 heavy (non-hydrogen) atoms. The molecule has 148 valence electrons. The van der Waals surface area contributed by atoms with E-state index in [9.17, 15) is 4.79 Å². The molecule has 1 aromatic heterocycles. The molecular weight excluding hydrogens is 380 g/mol. The molecule has 0 atom stereocenters. The van der Waals surface area contributed by atoms with Gasteiger partial charge in [-0.15, -0.1) is 0 Å². The number of benzene rings is 2. The maximum atomic E-state index is 12.8. The number of nitrogens with zero attached hydrogens (tertiary/aromatic N) is 1. The summed E-state index contributed by atoms with van der Waals surface area (Å²) < 4.78 is 5.58. The van der Waals surface area contributed by atoms with E-state index in [1.165, 1.54) is 5.56 Å². The van der Waals surface area contributed by atoms with Crippen molar-refractivity contribution in [1.82, 2.24) is 10.3 Å². The van der Waals surface area contributed by atoms with Crippen LogP contribution >= 0.6 is 11.8 Å². The van der Waals surface area contributed by atoms with E-state index in [4.69, 9.17) is 4.74 Å². The van der Waals surface area contributed by atoms with E-state index in [1.54, 1.807) is 18.0 Å². The quantitative estimate of drug-likeness (QED) is 0.646. The van der Waals surface area contributed by atoms with Crippen LogP contribution in [0.1, 0.15) is 28.8 Å². The molecule has 1 amide bonds. The first kappa shape index (κ1) is 19.7. The van der Waals surface area contributed by atoms with Gasteiger partial charge in [-0.3, -0.25) is 4.79 Å². The third kappa shape index (κ3) is 4.86. The van der Waals surface area contributed by atoms with Gasteiger partial charge in [-0.25, -0.2) is 4.98 Å². The molecule has 1 N–H and O–H groups in total. The Bertz CT molecular complexity index is 924. The van der Waals surface area contributed by atoms with Crippen LogP contribution in [0, 0.1) is 0 Å². The Morgan fingerprint density at radius 3 is 2.38 bits per heavy atom. The van der Waals surface area contributed by atoms with Gasteiger partial charge in [-0.1, -0.05) is 48.2 Å². The van der Waals surface area contributed by atoms with Gasteiger partial charge in [0.1, 0.15) is 5.03 Å². The van der Waals surface area contributed by atoms with Crippen LogP contribution in [0.2, 0.25) is 0 Å². The van der Waals surface area contributed by atoms with Crippen molar-refractivity contribution in [3.05, 3.63) is 90.1 Å². The van der Waals surface area contributed by atoms with Gasteiger partial charge in [0.15, 0.2) is 0 Å². The summed E-state index contributed by atoms with van der Waals surface area (Å²) in [6.07, 6.45) is 3.61. The molecule has 4 rings (SSSR count). The summed E-state index contributed by atoms with van der Waals surface area (Å²) >= 11 is 1.58. The highest BCUT2D eigenvalue weighted by atomic mass is 32.2. The summed E-state index contributed by atoms with van der Waals surface area (Å²) in [7, 11) is 0. The first-order valence-electron chi connectivity index (χ1n) is 9.86. The molecule has 1 aliphatic heterocycles. The standard InChI is InChI=1S/C24H24N2O2S/c27-23(19-9-11-21(12-10-19)29-22-8-4-5-15-25-22)26-18-24(13-16-28-17-14-24)20-6-2-1-3-7-20/h1-12,15H,13-14,16-18H2,(H,26,27). The van der Waals surface area contributed by atoms with Gasteiger partial charge < -0.3 is 10.1 Å². The molecular formula is C24H24N2O2S. The number of hydrogen-bond donors (Lipinski definition) is 1. The van der Waals surface area contributed by atoms with E-state index < -0.39 is 0 Å². The van der Waals surface area contributed by atoms with Gasteiger partial charge in [0.05, 0.1) is 0 Å². The van der Waals surface area contributed by atoms with E-state index in [1.807, 2.05) is 48.5 Å². The van der Waals surface area contributed by atoms with Gasteiger partial charge in [-0.2, -0.15) is 0 Å². The highest BCUT2D eigenvalue weighted by molar-refractivity contribution is 7.99. The minimum atomic E-state index is -0.0655. The number of nitrogens with one attached hydrogen (secondary N) is 1. The van der Waals surface area contributed by atoms with E-state index in [2.05, 4.69) is 34.6 Å². The molecule has 1 fully saturated rings. The fraction of sp³-hybridized carbons (Fsp3) is 0.250. The Morgan fingerprint density at radius 2 is 1.69 bits per heavy atom. The Kier molecular flexibility index (Phi) is 6.27. The molecule has 0 aliphatic carbocycles. The molecule has 5 heteroatoms. The molecule has 1 aliphatic rings. The monoisotopic (exact) mass is 404 g/mol. The summed E-state index contributed by atoms with van der Waals surface area (Å²) in [5.74, 6) is -0.0406. The number of rotatable bonds is 6. The van der Waals surface area contributed by atoms with Crippen LogP contribution < -0.4 is 5.32 Å². The minimum absolute atomic E-state index is 0.0406. The largest absolute Gasteiger partial charge is 0.381 e. The Balaban J connectivity index is 1.42. The Labute approximate surface area is 175 Å². The molecule has 3 aromatic rings. The fourth-order valence-corrected chi connectivity index (χ4v) is 4.45. The number of pyridine rings is 1. The number of carbonyl (C=O) groups excluding carboxylic acids is 1. The second-order valence-corrected chi connectivity index (χ2v) is 8.33. The summed E-state index contributed by atoms with van der Waals surface area (Å²) in [6, 6.07) is 24.0. The van der Waals surface area contributed by atoms with Crippen LogP contribution in [0.5, 0.6) is 0 Å². The average Bonchev–Trinajstić information content (AvgIpc) is 2.80. The highest BCUT2D eigenvalue weighted by Crippen LogP contribution is 2.34. The SMILES string of the molecule is O=C(NCC1(c2ccccc2)CCOCC1)c1ccc(Sc2ccccn2)cc1. The second kappa shape index (κ2) is 9.25. The van der Waals surface area contributed by atoms with Crippen LogP contribution in [0.3, 0.4) is 0 Å². The molecule has 0 radical (unpaired) electrons.